The van der Waals surface area contributed by atoms with Crippen molar-refractivity contribution in [3.63, 3.8) is 0 Å². The first-order chi connectivity index (χ1) is 15.9. The van der Waals surface area contributed by atoms with Gasteiger partial charge in [-0.2, -0.15) is 0 Å². The monoisotopic (exact) mass is 483 g/mol. The Morgan fingerprint density at radius 1 is 1.06 bits per heavy atom. The van der Waals surface area contributed by atoms with Gasteiger partial charge in [0.15, 0.2) is 5.58 Å². The SMILES string of the molecule is COc1ccccc1NS(=O)(=O)c1ccc2oc(SCC(=O)NCc3ccccc3)nc2c1. The van der Waals surface area contributed by atoms with E-state index in [4.69, 9.17) is 9.15 Å². The Morgan fingerprint density at radius 3 is 2.61 bits per heavy atom. The number of carbonyl (C=O) groups excluding carboxylic acids is 1. The number of aromatic nitrogens is 1. The summed E-state index contributed by atoms with van der Waals surface area (Å²) in [5.74, 6) is 0.378. The standard InChI is InChI=1S/C23H21N3O5S2/c1-30-20-10-6-5-9-18(20)26-33(28,29)17-11-12-21-19(13-17)25-23(31-21)32-15-22(27)24-14-16-7-3-2-4-8-16/h2-13,26H,14-15H2,1H3,(H,24,27). The topological polar surface area (TPSA) is 111 Å². The van der Waals surface area contributed by atoms with Gasteiger partial charge >= 0.3 is 0 Å². The van der Waals surface area contributed by atoms with Gasteiger partial charge in [0.05, 0.1) is 23.4 Å². The Labute approximate surface area is 195 Å². The van der Waals surface area contributed by atoms with E-state index in [1.54, 1.807) is 30.3 Å². The van der Waals surface area contributed by atoms with Crippen molar-refractivity contribution in [3.8, 4) is 5.75 Å². The number of rotatable bonds is 9. The van der Waals surface area contributed by atoms with Crippen LogP contribution in [0.4, 0.5) is 5.69 Å². The average molecular weight is 484 g/mol. The number of sulfonamides is 1. The number of fused-ring (bicyclic) bond motifs is 1. The minimum absolute atomic E-state index is 0.0337. The van der Waals surface area contributed by atoms with Crippen LogP contribution in [-0.4, -0.2) is 32.2 Å². The van der Waals surface area contributed by atoms with Gasteiger partial charge in [-0.25, -0.2) is 13.4 Å². The van der Waals surface area contributed by atoms with Gasteiger partial charge in [-0.1, -0.05) is 54.2 Å². The van der Waals surface area contributed by atoms with Gasteiger partial charge < -0.3 is 14.5 Å². The van der Waals surface area contributed by atoms with Crippen LogP contribution in [0.2, 0.25) is 0 Å². The molecular formula is C23H21N3O5S2. The van der Waals surface area contributed by atoms with Crippen LogP contribution in [0.1, 0.15) is 5.56 Å². The average Bonchev–Trinajstić information content (AvgIpc) is 3.24. The van der Waals surface area contributed by atoms with E-state index in [2.05, 4.69) is 15.0 Å². The summed E-state index contributed by atoms with van der Waals surface area (Å²) in [5, 5.41) is 3.12. The predicted octanol–water partition coefficient (Wildman–Crippen LogP) is 4.05. The number of thioether (sulfide) groups is 1. The van der Waals surface area contributed by atoms with E-state index in [-0.39, 0.29) is 21.8 Å². The molecule has 0 radical (unpaired) electrons. The fourth-order valence-electron chi connectivity index (χ4n) is 3.02. The van der Waals surface area contributed by atoms with Gasteiger partial charge in [0.25, 0.3) is 15.2 Å². The maximum absolute atomic E-state index is 12.8. The predicted molar refractivity (Wildman–Crippen MR) is 127 cm³/mol. The zero-order valence-electron chi connectivity index (χ0n) is 17.6. The highest BCUT2D eigenvalue weighted by molar-refractivity contribution is 7.99. The summed E-state index contributed by atoms with van der Waals surface area (Å²) < 4.78 is 39.0. The van der Waals surface area contributed by atoms with Crippen molar-refractivity contribution in [2.45, 2.75) is 16.7 Å². The second kappa shape index (κ2) is 9.97. The number of para-hydroxylation sites is 2. The van der Waals surface area contributed by atoms with Gasteiger partial charge in [0, 0.05) is 6.54 Å². The number of benzene rings is 3. The van der Waals surface area contributed by atoms with E-state index in [1.165, 1.54) is 19.2 Å². The lowest BCUT2D eigenvalue weighted by molar-refractivity contribution is -0.118. The van der Waals surface area contributed by atoms with Crippen molar-refractivity contribution in [2.24, 2.45) is 0 Å². The van der Waals surface area contributed by atoms with Crippen LogP contribution in [-0.2, 0) is 21.4 Å². The number of nitrogens with one attached hydrogen (secondary N) is 2. The Bertz CT molecular complexity index is 1370. The third kappa shape index (κ3) is 5.65. The molecule has 1 aromatic heterocycles. The molecule has 170 valence electrons. The first-order valence-electron chi connectivity index (χ1n) is 9.94. The summed E-state index contributed by atoms with van der Waals surface area (Å²) >= 11 is 1.14. The van der Waals surface area contributed by atoms with Crippen LogP contribution < -0.4 is 14.8 Å². The van der Waals surface area contributed by atoms with Crippen molar-refractivity contribution in [3.05, 3.63) is 78.4 Å². The number of hydrogen-bond acceptors (Lipinski definition) is 7. The Morgan fingerprint density at radius 2 is 1.82 bits per heavy atom. The van der Waals surface area contributed by atoms with Gasteiger partial charge in [0.1, 0.15) is 11.3 Å². The molecule has 0 spiro atoms. The summed E-state index contributed by atoms with van der Waals surface area (Å²) in [5.41, 5.74) is 2.15. The second-order valence-electron chi connectivity index (χ2n) is 6.97. The molecule has 1 amide bonds. The first kappa shape index (κ1) is 22.7. The first-order valence-corrected chi connectivity index (χ1v) is 12.4. The van der Waals surface area contributed by atoms with Gasteiger partial charge in [-0.15, -0.1) is 0 Å². The van der Waals surface area contributed by atoms with Crippen molar-refractivity contribution in [2.75, 3.05) is 17.6 Å². The molecule has 4 aromatic rings. The Balaban J connectivity index is 1.42. The van der Waals surface area contributed by atoms with Gasteiger partial charge in [-0.05, 0) is 35.9 Å². The molecule has 3 aromatic carbocycles. The molecule has 8 nitrogen and oxygen atoms in total. The minimum atomic E-state index is -3.87. The highest BCUT2D eigenvalue weighted by atomic mass is 32.2. The number of oxazole rings is 1. The van der Waals surface area contributed by atoms with Crippen LogP contribution in [0, 0.1) is 0 Å². The van der Waals surface area contributed by atoms with Gasteiger partial charge in [0.2, 0.25) is 5.91 Å². The van der Waals surface area contributed by atoms with E-state index in [0.29, 0.717) is 29.1 Å². The third-order valence-corrected chi connectivity index (χ3v) is 6.85. The molecule has 2 N–H and O–H groups in total. The smallest absolute Gasteiger partial charge is 0.262 e. The molecule has 0 aliphatic rings. The van der Waals surface area contributed by atoms with Crippen LogP contribution in [0.15, 0.2) is 87.3 Å². The molecule has 0 bridgehead atoms. The van der Waals surface area contributed by atoms with Crippen LogP contribution >= 0.6 is 11.8 Å². The lowest BCUT2D eigenvalue weighted by Gasteiger charge is -2.11. The molecule has 1 heterocycles. The number of methoxy groups -OCH3 is 1. The molecule has 0 fully saturated rings. The highest BCUT2D eigenvalue weighted by Gasteiger charge is 2.19. The lowest BCUT2D eigenvalue weighted by Crippen LogP contribution is -2.24. The maximum Gasteiger partial charge on any atom is 0.262 e. The number of amides is 1. The Hall–Kier alpha value is -3.50. The molecule has 0 unspecified atom stereocenters. The summed E-state index contributed by atoms with van der Waals surface area (Å²) in [7, 11) is -2.40. The molecule has 0 saturated carbocycles. The molecule has 33 heavy (non-hydrogen) atoms. The second-order valence-corrected chi connectivity index (χ2v) is 9.58. The van der Waals surface area contributed by atoms with E-state index in [9.17, 15) is 13.2 Å². The zero-order chi connectivity index (χ0) is 23.3. The third-order valence-electron chi connectivity index (χ3n) is 4.66. The van der Waals surface area contributed by atoms with Crippen LogP contribution in [0.3, 0.4) is 0 Å². The highest BCUT2D eigenvalue weighted by Crippen LogP contribution is 2.29. The summed E-state index contributed by atoms with van der Waals surface area (Å²) in [4.78, 5) is 16.5. The number of ether oxygens (including phenoxy) is 1. The number of carbonyl (C=O) groups is 1. The Kier molecular flexibility index (Phi) is 6.85. The normalized spacial score (nSPS) is 11.3. The molecule has 0 atom stereocenters. The van der Waals surface area contributed by atoms with E-state index >= 15 is 0 Å². The molecular weight excluding hydrogens is 462 g/mol. The van der Waals surface area contributed by atoms with Crippen LogP contribution in [0.5, 0.6) is 5.75 Å². The van der Waals surface area contributed by atoms with Crippen molar-refractivity contribution in [1.29, 1.82) is 0 Å². The lowest BCUT2D eigenvalue weighted by atomic mass is 10.2. The molecule has 0 saturated heterocycles. The minimum Gasteiger partial charge on any atom is -0.495 e. The number of nitrogens with zero attached hydrogens (tertiary/aromatic N) is 1. The number of anilines is 1. The largest absolute Gasteiger partial charge is 0.495 e. The van der Waals surface area contributed by atoms with E-state index in [0.717, 1.165) is 17.3 Å². The summed E-state index contributed by atoms with van der Waals surface area (Å²) in [6, 6.07) is 20.7. The summed E-state index contributed by atoms with van der Waals surface area (Å²) in [6.07, 6.45) is 0. The quantitative estimate of drug-likeness (QED) is 0.346. The van der Waals surface area contributed by atoms with Crippen molar-refractivity contribution in [1.82, 2.24) is 10.3 Å². The van der Waals surface area contributed by atoms with Crippen LogP contribution in [0.25, 0.3) is 11.1 Å². The van der Waals surface area contributed by atoms with Crippen molar-refractivity contribution < 1.29 is 22.4 Å². The fourth-order valence-corrected chi connectivity index (χ4v) is 4.78. The maximum atomic E-state index is 12.8. The van der Waals surface area contributed by atoms with E-state index < -0.39 is 10.0 Å². The van der Waals surface area contributed by atoms with Gasteiger partial charge in [-0.3, -0.25) is 9.52 Å². The number of hydrogen-bond donors (Lipinski definition) is 2. The molecule has 0 aliphatic heterocycles. The van der Waals surface area contributed by atoms with Crippen molar-refractivity contribution >= 4 is 44.5 Å². The zero-order valence-corrected chi connectivity index (χ0v) is 19.3. The molecule has 10 heteroatoms. The molecule has 0 aliphatic carbocycles. The summed E-state index contributed by atoms with van der Waals surface area (Å²) in [6.45, 7) is 0.439. The molecule has 4 rings (SSSR count). The fraction of sp³-hybridized carbons (Fsp3) is 0.130. The van der Waals surface area contributed by atoms with E-state index in [1.807, 2.05) is 30.3 Å².